The molecule has 0 amide bonds. The summed E-state index contributed by atoms with van der Waals surface area (Å²) in [7, 11) is 0. The second-order valence-electron chi connectivity index (χ2n) is 4.33. The molecule has 18 heavy (non-hydrogen) atoms. The minimum absolute atomic E-state index is 0.643. The Morgan fingerprint density at radius 3 is 3.00 bits per heavy atom. The molecule has 0 aliphatic carbocycles. The summed E-state index contributed by atoms with van der Waals surface area (Å²) in [5, 5.41) is 13.2. The second-order valence-corrected chi connectivity index (χ2v) is 6.89. The molecule has 0 spiro atoms. The van der Waals surface area contributed by atoms with Gasteiger partial charge in [-0.2, -0.15) is 28.8 Å². The second kappa shape index (κ2) is 6.35. The number of aromatic nitrogens is 1. The maximum absolute atomic E-state index is 9.19. The van der Waals surface area contributed by atoms with Crippen LogP contribution in [0.15, 0.2) is 6.07 Å². The van der Waals surface area contributed by atoms with Crippen LogP contribution in [-0.2, 0) is 0 Å². The molecule has 1 aromatic rings. The SMILES string of the molecule is Cc1cc(NCC2CSCCS2)c(C#N)c(C)n1. The van der Waals surface area contributed by atoms with E-state index in [4.69, 9.17) is 0 Å². The summed E-state index contributed by atoms with van der Waals surface area (Å²) in [6.45, 7) is 4.78. The van der Waals surface area contributed by atoms with Crippen molar-refractivity contribution >= 4 is 29.2 Å². The van der Waals surface area contributed by atoms with Crippen LogP contribution >= 0.6 is 23.5 Å². The van der Waals surface area contributed by atoms with Gasteiger partial charge < -0.3 is 5.32 Å². The van der Waals surface area contributed by atoms with E-state index in [1.54, 1.807) is 0 Å². The molecule has 0 bridgehead atoms. The summed E-state index contributed by atoms with van der Waals surface area (Å²) < 4.78 is 0. The fraction of sp³-hybridized carbons (Fsp3) is 0.538. The maximum Gasteiger partial charge on any atom is 0.103 e. The third-order valence-corrected chi connectivity index (χ3v) is 5.69. The van der Waals surface area contributed by atoms with Crippen LogP contribution in [0.2, 0.25) is 0 Å². The number of hydrogen-bond acceptors (Lipinski definition) is 5. The maximum atomic E-state index is 9.19. The van der Waals surface area contributed by atoms with Crippen molar-refractivity contribution < 1.29 is 0 Å². The van der Waals surface area contributed by atoms with E-state index in [1.807, 2.05) is 43.4 Å². The highest BCUT2D eigenvalue weighted by Crippen LogP contribution is 2.25. The van der Waals surface area contributed by atoms with Gasteiger partial charge in [0, 0.05) is 34.7 Å². The third kappa shape index (κ3) is 3.33. The van der Waals surface area contributed by atoms with E-state index in [0.717, 1.165) is 23.6 Å². The molecular formula is C13H17N3S2. The fourth-order valence-corrected chi connectivity index (χ4v) is 4.60. The standard InChI is InChI=1S/C13H17N3S2/c1-9-5-13(12(6-14)10(2)16-9)15-7-11-8-17-3-4-18-11/h5,11H,3-4,7-8H2,1-2H3,(H,15,16). The molecule has 96 valence electrons. The highest BCUT2D eigenvalue weighted by molar-refractivity contribution is 8.06. The Hall–Kier alpha value is -0.860. The molecular weight excluding hydrogens is 262 g/mol. The monoisotopic (exact) mass is 279 g/mol. The van der Waals surface area contributed by atoms with Gasteiger partial charge in [-0.05, 0) is 19.9 Å². The number of nitriles is 1. The van der Waals surface area contributed by atoms with Crippen LogP contribution < -0.4 is 5.32 Å². The number of pyridine rings is 1. The molecule has 1 atom stereocenters. The Kier molecular flexibility index (Phi) is 4.79. The lowest BCUT2D eigenvalue weighted by molar-refractivity contribution is 0.996. The first-order valence-corrected chi connectivity index (χ1v) is 8.22. The van der Waals surface area contributed by atoms with Crippen molar-refractivity contribution in [3.8, 4) is 6.07 Å². The highest BCUT2D eigenvalue weighted by Gasteiger charge is 2.15. The average molecular weight is 279 g/mol. The van der Waals surface area contributed by atoms with E-state index in [0.29, 0.717) is 10.8 Å². The van der Waals surface area contributed by atoms with Crippen LogP contribution in [0.25, 0.3) is 0 Å². The number of anilines is 1. The van der Waals surface area contributed by atoms with Gasteiger partial charge in [0.2, 0.25) is 0 Å². The van der Waals surface area contributed by atoms with Crippen LogP contribution in [0.5, 0.6) is 0 Å². The Morgan fingerprint density at radius 1 is 1.50 bits per heavy atom. The van der Waals surface area contributed by atoms with Crippen LogP contribution in [0, 0.1) is 25.2 Å². The van der Waals surface area contributed by atoms with Gasteiger partial charge in [0.1, 0.15) is 6.07 Å². The first-order chi connectivity index (χ1) is 8.70. The predicted molar refractivity (Wildman–Crippen MR) is 80.5 cm³/mol. The minimum Gasteiger partial charge on any atom is -0.383 e. The van der Waals surface area contributed by atoms with Crippen LogP contribution in [-0.4, -0.2) is 34.0 Å². The molecule has 2 rings (SSSR count). The topological polar surface area (TPSA) is 48.7 Å². The van der Waals surface area contributed by atoms with Crippen molar-refractivity contribution in [2.75, 3.05) is 29.1 Å². The summed E-state index contributed by atoms with van der Waals surface area (Å²) in [6.07, 6.45) is 0. The normalized spacial score (nSPS) is 19.3. The Balaban J connectivity index is 2.06. The molecule has 1 aromatic heterocycles. The zero-order valence-electron chi connectivity index (χ0n) is 10.7. The van der Waals surface area contributed by atoms with Gasteiger partial charge in [0.25, 0.3) is 0 Å². The Morgan fingerprint density at radius 2 is 2.33 bits per heavy atom. The molecule has 1 fully saturated rings. The summed E-state index contributed by atoms with van der Waals surface area (Å²) in [4.78, 5) is 4.33. The number of nitrogens with zero attached hydrogens (tertiary/aromatic N) is 2. The number of nitrogens with one attached hydrogen (secondary N) is 1. The lowest BCUT2D eigenvalue weighted by Gasteiger charge is -2.22. The van der Waals surface area contributed by atoms with E-state index in [2.05, 4.69) is 16.4 Å². The molecule has 1 unspecified atom stereocenters. The zero-order chi connectivity index (χ0) is 13.0. The minimum atomic E-state index is 0.643. The number of hydrogen-bond donors (Lipinski definition) is 1. The Labute approximate surface area is 117 Å². The van der Waals surface area contributed by atoms with Crippen molar-refractivity contribution in [3.05, 3.63) is 23.0 Å². The van der Waals surface area contributed by atoms with E-state index < -0.39 is 0 Å². The third-order valence-electron chi connectivity index (χ3n) is 2.85. The van der Waals surface area contributed by atoms with Crippen LogP contribution in [0.3, 0.4) is 0 Å². The number of rotatable bonds is 3. The molecule has 5 heteroatoms. The molecule has 1 N–H and O–H groups in total. The van der Waals surface area contributed by atoms with Crippen LogP contribution in [0.4, 0.5) is 5.69 Å². The first-order valence-electron chi connectivity index (χ1n) is 6.02. The van der Waals surface area contributed by atoms with Gasteiger partial charge in [0.15, 0.2) is 0 Å². The highest BCUT2D eigenvalue weighted by atomic mass is 32.2. The van der Waals surface area contributed by atoms with Crippen molar-refractivity contribution in [1.82, 2.24) is 4.98 Å². The van der Waals surface area contributed by atoms with Crippen molar-refractivity contribution in [2.45, 2.75) is 19.1 Å². The van der Waals surface area contributed by atoms with Crippen molar-refractivity contribution in [1.29, 1.82) is 5.26 Å². The van der Waals surface area contributed by atoms with Gasteiger partial charge in [0.05, 0.1) is 16.9 Å². The number of thioether (sulfide) groups is 2. The number of aryl methyl sites for hydroxylation is 2. The molecule has 0 saturated carbocycles. The lowest BCUT2D eigenvalue weighted by atomic mass is 10.1. The fourth-order valence-electron chi connectivity index (χ4n) is 1.99. The quantitative estimate of drug-likeness (QED) is 0.922. The van der Waals surface area contributed by atoms with Gasteiger partial charge in [-0.15, -0.1) is 0 Å². The first kappa shape index (κ1) is 13.6. The van der Waals surface area contributed by atoms with E-state index in [1.165, 1.54) is 17.3 Å². The Bertz CT molecular complexity index is 462. The predicted octanol–water partition coefficient (Wildman–Crippen LogP) is 2.83. The lowest BCUT2D eigenvalue weighted by Crippen LogP contribution is -2.23. The van der Waals surface area contributed by atoms with Gasteiger partial charge in [-0.25, -0.2) is 0 Å². The largest absolute Gasteiger partial charge is 0.383 e. The van der Waals surface area contributed by atoms with Gasteiger partial charge in [-0.3, -0.25) is 4.98 Å². The van der Waals surface area contributed by atoms with E-state index in [-0.39, 0.29) is 0 Å². The molecule has 1 aliphatic rings. The zero-order valence-corrected chi connectivity index (χ0v) is 12.3. The van der Waals surface area contributed by atoms with E-state index in [9.17, 15) is 5.26 Å². The summed E-state index contributed by atoms with van der Waals surface area (Å²) in [5.74, 6) is 3.69. The smallest absolute Gasteiger partial charge is 0.103 e. The molecule has 1 aliphatic heterocycles. The average Bonchev–Trinajstić information content (AvgIpc) is 2.37. The molecule has 2 heterocycles. The van der Waals surface area contributed by atoms with Crippen molar-refractivity contribution in [3.63, 3.8) is 0 Å². The summed E-state index contributed by atoms with van der Waals surface area (Å²) >= 11 is 4.04. The summed E-state index contributed by atoms with van der Waals surface area (Å²) in [6, 6.07) is 4.21. The van der Waals surface area contributed by atoms with Crippen molar-refractivity contribution in [2.24, 2.45) is 0 Å². The molecule has 0 aromatic carbocycles. The summed E-state index contributed by atoms with van der Waals surface area (Å²) in [5.41, 5.74) is 3.37. The molecule has 0 radical (unpaired) electrons. The van der Waals surface area contributed by atoms with Gasteiger partial charge in [-0.1, -0.05) is 0 Å². The van der Waals surface area contributed by atoms with Gasteiger partial charge >= 0.3 is 0 Å². The van der Waals surface area contributed by atoms with Crippen LogP contribution in [0.1, 0.15) is 17.0 Å². The molecule has 1 saturated heterocycles. The molecule has 3 nitrogen and oxygen atoms in total. The van der Waals surface area contributed by atoms with E-state index >= 15 is 0 Å².